The number of phenols is 1. The molecule has 0 aromatic heterocycles. The molecule has 2 aromatic carbocycles. The largest absolute Gasteiger partial charge is 0.507 e. The lowest BCUT2D eigenvalue weighted by Crippen LogP contribution is -2.24. The first-order valence-corrected chi connectivity index (χ1v) is 13.3. The Morgan fingerprint density at radius 1 is 0.974 bits per heavy atom. The fraction of sp³-hybridized carbons (Fsp3) is 0.367. The number of phenolic OH excluding ortho intramolecular Hbond substituents is 1. The highest BCUT2D eigenvalue weighted by molar-refractivity contribution is 9.10. The molecule has 3 atom stereocenters. The van der Waals surface area contributed by atoms with Gasteiger partial charge in [-0.1, -0.05) is 64.0 Å². The van der Waals surface area contributed by atoms with Gasteiger partial charge in [-0.2, -0.15) is 0 Å². The molecule has 2 N–H and O–H groups in total. The van der Waals surface area contributed by atoms with Crippen molar-refractivity contribution in [3.05, 3.63) is 88.0 Å². The van der Waals surface area contributed by atoms with E-state index < -0.39 is 12.0 Å². The number of allylic oxidation sites excluding steroid dienone is 6. The molecule has 204 valence electrons. The minimum absolute atomic E-state index is 0.165. The number of hydrogen-bond acceptors (Lipinski definition) is 7. The van der Waals surface area contributed by atoms with Gasteiger partial charge < -0.3 is 34.0 Å². The Morgan fingerprint density at radius 3 is 2.37 bits per heavy atom. The lowest BCUT2D eigenvalue weighted by molar-refractivity contribution is -0.108. The second-order valence-corrected chi connectivity index (χ2v) is 9.74. The molecule has 0 aliphatic heterocycles. The molecule has 38 heavy (non-hydrogen) atoms. The molecular formula is C30H35BrO7. The quantitative estimate of drug-likeness (QED) is 0.205. The summed E-state index contributed by atoms with van der Waals surface area (Å²) in [5.41, 5.74) is 2.06. The van der Waals surface area contributed by atoms with Crippen LogP contribution in [0.2, 0.25) is 0 Å². The van der Waals surface area contributed by atoms with Gasteiger partial charge in [0, 0.05) is 43.2 Å². The highest BCUT2D eigenvalue weighted by atomic mass is 79.9. The Kier molecular flexibility index (Phi) is 12.1. The van der Waals surface area contributed by atoms with Crippen LogP contribution in [0.1, 0.15) is 36.0 Å². The third kappa shape index (κ3) is 8.04. The van der Waals surface area contributed by atoms with Crippen LogP contribution in [0.25, 0.3) is 0 Å². The van der Waals surface area contributed by atoms with E-state index in [9.17, 15) is 15.0 Å². The second kappa shape index (κ2) is 15.5. The number of rotatable bonds is 15. The number of carbonyl (C=O) groups excluding carboxylic acids is 1. The van der Waals surface area contributed by atoms with Crippen LogP contribution in [0.5, 0.6) is 17.2 Å². The van der Waals surface area contributed by atoms with Crippen LogP contribution in [0, 0.1) is 5.92 Å². The van der Waals surface area contributed by atoms with Crippen LogP contribution >= 0.6 is 15.9 Å². The minimum atomic E-state index is -1.20. The number of benzene rings is 2. The van der Waals surface area contributed by atoms with E-state index in [2.05, 4.69) is 15.9 Å². The summed E-state index contributed by atoms with van der Waals surface area (Å²) in [6.07, 6.45) is 10.4. The molecule has 0 spiro atoms. The zero-order chi connectivity index (χ0) is 27.3. The van der Waals surface area contributed by atoms with Gasteiger partial charge in [0.05, 0.1) is 24.9 Å². The molecular weight excluding hydrogens is 552 g/mol. The molecule has 0 amide bonds. The number of halogens is 1. The normalized spacial score (nSPS) is 15.3. The fourth-order valence-corrected chi connectivity index (χ4v) is 4.83. The first kappa shape index (κ1) is 29.6. The summed E-state index contributed by atoms with van der Waals surface area (Å²) < 4.78 is 22.7. The van der Waals surface area contributed by atoms with Gasteiger partial charge in [-0.3, -0.25) is 0 Å². The molecule has 1 aliphatic rings. The highest BCUT2D eigenvalue weighted by Crippen LogP contribution is 2.48. The van der Waals surface area contributed by atoms with E-state index in [1.807, 2.05) is 54.6 Å². The monoisotopic (exact) mass is 586 g/mol. The summed E-state index contributed by atoms with van der Waals surface area (Å²) in [4.78, 5) is 11.9. The molecule has 1 aliphatic carbocycles. The first-order valence-electron chi connectivity index (χ1n) is 12.5. The zero-order valence-electron chi connectivity index (χ0n) is 21.7. The fourth-order valence-electron chi connectivity index (χ4n) is 4.57. The molecule has 0 saturated carbocycles. The van der Waals surface area contributed by atoms with Gasteiger partial charge >= 0.3 is 0 Å². The summed E-state index contributed by atoms with van der Waals surface area (Å²) in [7, 11) is 3.14. The number of carbonyl (C=O) groups is 1. The topological polar surface area (TPSA) is 94.5 Å². The van der Waals surface area contributed by atoms with Gasteiger partial charge in [0.15, 0.2) is 0 Å². The lowest BCUT2D eigenvalue weighted by atomic mass is 9.73. The van der Waals surface area contributed by atoms with Crippen molar-refractivity contribution >= 4 is 22.2 Å². The molecule has 2 aromatic rings. The van der Waals surface area contributed by atoms with Gasteiger partial charge in [0.2, 0.25) is 0 Å². The van der Waals surface area contributed by atoms with E-state index in [4.69, 9.17) is 18.9 Å². The molecule has 0 bridgehead atoms. The van der Waals surface area contributed by atoms with Gasteiger partial charge in [0.25, 0.3) is 0 Å². The van der Waals surface area contributed by atoms with E-state index in [-0.39, 0.29) is 42.6 Å². The van der Waals surface area contributed by atoms with Gasteiger partial charge in [-0.25, -0.2) is 0 Å². The van der Waals surface area contributed by atoms with Crippen molar-refractivity contribution in [3.8, 4) is 17.2 Å². The highest BCUT2D eigenvalue weighted by Gasteiger charge is 2.36. The predicted octanol–water partition coefficient (Wildman–Crippen LogP) is 5.67. The van der Waals surface area contributed by atoms with Gasteiger partial charge in [0.1, 0.15) is 36.7 Å². The Bertz CT molecular complexity index is 1120. The second-order valence-electron chi connectivity index (χ2n) is 8.83. The smallest absolute Gasteiger partial charge is 0.132 e. The predicted molar refractivity (Wildman–Crippen MR) is 150 cm³/mol. The number of aldehydes is 1. The van der Waals surface area contributed by atoms with E-state index in [0.29, 0.717) is 25.4 Å². The Labute approximate surface area is 232 Å². The van der Waals surface area contributed by atoms with E-state index in [1.54, 1.807) is 20.3 Å². The third-order valence-electron chi connectivity index (χ3n) is 6.37. The molecule has 3 rings (SSSR count). The number of aliphatic hydroxyl groups is 1. The van der Waals surface area contributed by atoms with Crippen molar-refractivity contribution in [2.24, 2.45) is 5.92 Å². The first-order chi connectivity index (χ1) is 18.5. The van der Waals surface area contributed by atoms with Crippen LogP contribution in [0.15, 0.2) is 76.8 Å². The molecule has 0 fully saturated rings. The average molecular weight is 588 g/mol. The van der Waals surface area contributed by atoms with Crippen molar-refractivity contribution in [2.45, 2.75) is 24.9 Å². The SMILES string of the molecule is COCCOc1cc(O)c([C@@H](O)[C@H](c2ccc(Br)cc2)[C@@H](CC=O)C2=CC=CC=CC2)c(OCCOC)c1. The van der Waals surface area contributed by atoms with Crippen molar-refractivity contribution in [3.63, 3.8) is 0 Å². The number of ether oxygens (including phenoxy) is 4. The maximum Gasteiger partial charge on any atom is 0.132 e. The number of aromatic hydroxyl groups is 1. The summed E-state index contributed by atoms with van der Waals surface area (Å²) >= 11 is 3.48. The molecule has 0 saturated heterocycles. The Hall–Kier alpha value is -2.91. The summed E-state index contributed by atoms with van der Waals surface area (Å²) in [6, 6.07) is 10.7. The summed E-state index contributed by atoms with van der Waals surface area (Å²) in [5, 5.41) is 23.2. The van der Waals surface area contributed by atoms with Crippen LogP contribution in [0.3, 0.4) is 0 Å². The van der Waals surface area contributed by atoms with E-state index in [1.165, 1.54) is 6.07 Å². The summed E-state index contributed by atoms with van der Waals surface area (Å²) in [6.45, 7) is 1.19. The average Bonchev–Trinajstić information content (AvgIpc) is 3.19. The molecule has 0 radical (unpaired) electrons. The number of hydrogen-bond donors (Lipinski definition) is 2. The van der Waals surface area contributed by atoms with Crippen molar-refractivity contribution in [1.82, 2.24) is 0 Å². The van der Waals surface area contributed by atoms with Crippen LogP contribution in [-0.4, -0.2) is 57.1 Å². The van der Waals surface area contributed by atoms with Crippen molar-refractivity contribution in [2.75, 3.05) is 40.6 Å². The number of aliphatic hydroxyl groups excluding tert-OH is 1. The maximum absolute atomic E-state index is 12.0. The third-order valence-corrected chi connectivity index (χ3v) is 6.90. The summed E-state index contributed by atoms with van der Waals surface area (Å²) in [5.74, 6) is -0.394. The molecule has 7 nitrogen and oxygen atoms in total. The van der Waals surface area contributed by atoms with E-state index >= 15 is 0 Å². The lowest BCUT2D eigenvalue weighted by Gasteiger charge is -2.33. The molecule has 0 unspecified atom stereocenters. The van der Waals surface area contributed by atoms with Gasteiger partial charge in [-0.15, -0.1) is 0 Å². The van der Waals surface area contributed by atoms with Crippen molar-refractivity contribution in [1.29, 1.82) is 0 Å². The van der Waals surface area contributed by atoms with Gasteiger partial charge in [-0.05, 0) is 30.0 Å². The van der Waals surface area contributed by atoms with Crippen LogP contribution < -0.4 is 9.47 Å². The zero-order valence-corrected chi connectivity index (χ0v) is 23.3. The number of methoxy groups -OCH3 is 2. The van der Waals surface area contributed by atoms with Crippen LogP contribution in [0.4, 0.5) is 0 Å². The molecule has 0 heterocycles. The Morgan fingerprint density at radius 2 is 1.68 bits per heavy atom. The standard InChI is InChI=1S/C30H35BrO7/c1-35-15-17-37-24-19-26(33)29(27(20-24)38-18-16-36-2)30(34)28(22-9-11-23(31)12-10-22)25(13-14-32)21-7-5-3-4-6-8-21/h3-7,9-12,14,19-20,25,28,30,33-34H,8,13,15-18H2,1-2H3/t25-,28+,30-/m0/s1. The van der Waals surface area contributed by atoms with Crippen molar-refractivity contribution < 1.29 is 34.0 Å². The minimum Gasteiger partial charge on any atom is -0.507 e. The Balaban J connectivity index is 2.12. The maximum atomic E-state index is 12.0. The van der Waals surface area contributed by atoms with E-state index in [0.717, 1.165) is 21.9 Å². The molecule has 8 heteroatoms. The van der Waals surface area contributed by atoms with Crippen LogP contribution in [-0.2, 0) is 14.3 Å².